The molecule has 1 aromatic carbocycles. The second kappa shape index (κ2) is 6.55. The Balaban J connectivity index is 2.36. The monoisotopic (exact) mass is 275 g/mol. The van der Waals surface area contributed by atoms with E-state index in [-0.39, 0.29) is 12.0 Å². The minimum absolute atomic E-state index is 0.195. The summed E-state index contributed by atoms with van der Waals surface area (Å²) in [6, 6.07) is 8.32. The fraction of sp³-hybridized carbons (Fsp3) is 0.500. The summed E-state index contributed by atoms with van der Waals surface area (Å²) in [5.41, 5.74) is 1.01. The lowest BCUT2D eigenvalue weighted by Crippen LogP contribution is -2.38. The van der Waals surface area contributed by atoms with Crippen LogP contribution < -0.4 is 0 Å². The Morgan fingerprint density at radius 1 is 1.10 bits per heavy atom. The molecule has 4 nitrogen and oxygen atoms in total. The largest absolute Gasteiger partial charge is 0.483 e. The molecule has 2 atom stereocenters. The number of ether oxygens (including phenoxy) is 2. The molecule has 0 spiro atoms. The zero-order valence-corrected chi connectivity index (χ0v) is 12.5. The Morgan fingerprint density at radius 2 is 1.75 bits per heavy atom. The Hall–Kier alpha value is -1.84. The second-order valence-corrected chi connectivity index (χ2v) is 5.09. The smallest absolute Gasteiger partial charge is 0.209 e. The molecule has 0 saturated heterocycles. The highest BCUT2D eigenvalue weighted by molar-refractivity contribution is 5.94. The van der Waals surface area contributed by atoms with Crippen LogP contribution in [0.3, 0.4) is 0 Å². The van der Waals surface area contributed by atoms with Gasteiger partial charge in [-0.25, -0.2) is 9.98 Å². The Kier molecular flexibility index (Phi) is 4.31. The molecule has 1 aromatic rings. The van der Waals surface area contributed by atoms with Crippen LogP contribution >= 0.6 is 0 Å². The number of hydrogen-bond donors (Lipinski definition) is 0. The molecule has 0 aromatic heterocycles. The van der Waals surface area contributed by atoms with E-state index in [0.29, 0.717) is 18.2 Å². The van der Waals surface area contributed by atoms with Crippen LogP contribution in [0.1, 0.15) is 20.8 Å². The van der Waals surface area contributed by atoms with Crippen LogP contribution in [0, 0.1) is 5.92 Å². The number of methoxy groups -OCH3 is 2. The second-order valence-electron chi connectivity index (χ2n) is 5.09. The van der Waals surface area contributed by atoms with Crippen molar-refractivity contribution in [2.45, 2.75) is 32.3 Å². The summed E-state index contributed by atoms with van der Waals surface area (Å²) in [7, 11) is 3.11. The number of benzene rings is 1. The van der Waals surface area contributed by atoms with Crippen molar-refractivity contribution < 1.29 is 10.8 Å². The van der Waals surface area contributed by atoms with Crippen molar-refractivity contribution in [3.63, 3.8) is 0 Å². The van der Waals surface area contributed by atoms with Crippen LogP contribution in [0.2, 0.25) is 0 Å². The van der Waals surface area contributed by atoms with Crippen LogP contribution in [0.25, 0.3) is 0 Å². The quantitative estimate of drug-likeness (QED) is 0.851. The van der Waals surface area contributed by atoms with Gasteiger partial charge in [-0.3, -0.25) is 0 Å². The summed E-state index contributed by atoms with van der Waals surface area (Å²) in [5.74, 6) is 1.07. The normalized spacial score (nSPS) is 26.6. The summed E-state index contributed by atoms with van der Waals surface area (Å²) >= 11 is 0. The Morgan fingerprint density at radius 3 is 2.30 bits per heavy atom. The molecule has 0 unspecified atom stereocenters. The molecule has 0 bridgehead atoms. The van der Waals surface area contributed by atoms with Gasteiger partial charge in [0.25, 0.3) is 0 Å². The van der Waals surface area contributed by atoms with Crippen LogP contribution in [-0.2, 0) is 15.9 Å². The van der Waals surface area contributed by atoms with E-state index < -0.39 is 6.02 Å². The van der Waals surface area contributed by atoms with E-state index in [1.165, 1.54) is 7.11 Å². The highest BCUT2D eigenvalue weighted by Gasteiger charge is 2.30. The third-order valence-electron chi connectivity index (χ3n) is 3.25. The van der Waals surface area contributed by atoms with E-state index >= 15 is 0 Å². The molecule has 1 aliphatic heterocycles. The zero-order valence-electron chi connectivity index (χ0n) is 13.5. The molecule has 1 heterocycles. The van der Waals surface area contributed by atoms with E-state index in [9.17, 15) is 0 Å². The minimum atomic E-state index is -1.27. The van der Waals surface area contributed by atoms with Crippen LogP contribution in [0.4, 0.5) is 0 Å². The number of hydrogen-bond acceptors (Lipinski definition) is 4. The average molecular weight is 275 g/mol. The summed E-state index contributed by atoms with van der Waals surface area (Å²) in [5, 5.41) is 0. The van der Waals surface area contributed by atoms with Crippen LogP contribution in [-0.4, -0.2) is 38.1 Å². The summed E-state index contributed by atoms with van der Waals surface area (Å²) in [6.07, 6.45) is 0.401. The Labute approximate surface area is 121 Å². The molecule has 2 rings (SSSR count). The first-order chi connectivity index (χ1) is 10.00. The van der Waals surface area contributed by atoms with Crippen molar-refractivity contribution in [2.75, 3.05) is 14.2 Å². The first kappa shape index (κ1) is 13.2. The fourth-order valence-electron chi connectivity index (χ4n) is 2.18. The lowest BCUT2D eigenvalue weighted by Gasteiger charge is -2.27. The molecule has 1 aliphatic rings. The van der Waals surface area contributed by atoms with Gasteiger partial charge in [0.2, 0.25) is 11.8 Å². The standard InChI is InChI=1S/C16H22N2O2/c1-11(2)14-16(20-4)17-13(15(18-14)19-3)10-12-8-6-5-7-9-12/h5-9,11,13-14H,10H2,1-4H3/t13-,14+/m1/s1/i13D. The molecular weight excluding hydrogens is 252 g/mol. The molecular formula is C16H22N2O2. The van der Waals surface area contributed by atoms with E-state index in [4.69, 9.17) is 10.8 Å². The van der Waals surface area contributed by atoms with Gasteiger partial charge in [-0.05, 0) is 11.5 Å². The molecule has 0 amide bonds. The third-order valence-corrected chi connectivity index (χ3v) is 3.25. The SMILES string of the molecule is [2H][C@]1(Cc2ccccc2)N=C(OC)[C@H](C(C)C)N=C1OC. The van der Waals surface area contributed by atoms with Gasteiger partial charge in [0.15, 0.2) is 0 Å². The van der Waals surface area contributed by atoms with Gasteiger partial charge in [-0.2, -0.15) is 0 Å². The first-order valence-electron chi connectivity index (χ1n) is 7.30. The van der Waals surface area contributed by atoms with Crippen molar-refractivity contribution >= 4 is 11.8 Å². The van der Waals surface area contributed by atoms with Crippen molar-refractivity contribution in [1.29, 1.82) is 0 Å². The first-order valence-corrected chi connectivity index (χ1v) is 6.80. The molecule has 0 radical (unpaired) electrons. The summed E-state index contributed by atoms with van der Waals surface area (Å²) in [6.45, 7) is 4.09. The minimum Gasteiger partial charge on any atom is -0.483 e. The van der Waals surface area contributed by atoms with E-state index in [1.807, 2.05) is 44.2 Å². The van der Waals surface area contributed by atoms with Gasteiger partial charge < -0.3 is 9.47 Å². The van der Waals surface area contributed by atoms with Gasteiger partial charge in [0.1, 0.15) is 12.1 Å². The molecule has 0 aliphatic carbocycles. The summed E-state index contributed by atoms with van der Waals surface area (Å²) in [4.78, 5) is 9.04. The zero-order chi connectivity index (χ0) is 15.5. The van der Waals surface area contributed by atoms with Gasteiger partial charge in [0, 0.05) is 6.42 Å². The number of nitrogens with zero attached hydrogens (tertiary/aromatic N) is 2. The maximum Gasteiger partial charge on any atom is 0.209 e. The third kappa shape index (κ3) is 3.18. The van der Waals surface area contributed by atoms with Crippen LogP contribution in [0.5, 0.6) is 0 Å². The van der Waals surface area contributed by atoms with Crippen molar-refractivity contribution in [3.05, 3.63) is 35.9 Å². The average Bonchev–Trinajstić information content (AvgIpc) is 2.47. The fourth-order valence-corrected chi connectivity index (χ4v) is 2.18. The van der Waals surface area contributed by atoms with E-state index in [0.717, 1.165) is 5.56 Å². The lowest BCUT2D eigenvalue weighted by molar-refractivity contribution is 0.332. The molecule has 4 heteroatoms. The summed E-state index contributed by atoms with van der Waals surface area (Å²) < 4.78 is 19.4. The molecule has 0 N–H and O–H groups in total. The highest BCUT2D eigenvalue weighted by Crippen LogP contribution is 2.19. The lowest BCUT2D eigenvalue weighted by atomic mass is 10.0. The molecule has 0 saturated carbocycles. The van der Waals surface area contributed by atoms with Gasteiger partial charge in [-0.1, -0.05) is 44.2 Å². The number of aliphatic imine (C=N–C) groups is 2. The molecule has 0 fully saturated rings. The van der Waals surface area contributed by atoms with Gasteiger partial charge >= 0.3 is 0 Å². The van der Waals surface area contributed by atoms with Crippen LogP contribution in [0.15, 0.2) is 40.3 Å². The van der Waals surface area contributed by atoms with E-state index in [2.05, 4.69) is 9.98 Å². The van der Waals surface area contributed by atoms with Crippen molar-refractivity contribution in [2.24, 2.45) is 15.9 Å². The van der Waals surface area contributed by atoms with E-state index in [1.54, 1.807) is 7.11 Å². The molecule has 20 heavy (non-hydrogen) atoms. The highest BCUT2D eigenvalue weighted by atomic mass is 16.5. The van der Waals surface area contributed by atoms with Gasteiger partial charge in [-0.15, -0.1) is 0 Å². The maximum absolute atomic E-state index is 8.66. The van der Waals surface area contributed by atoms with Crippen molar-refractivity contribution in [3.8, 4) is 0 Å². The van der Waals surface area contributed by atoms with Gasteiger partial charge in [0.05, 0.1) is 15.6 Å². The predicted octanol–water partition coefficient (Wildman–Crippen LogP) is 2.73. The maximum atomic E-state index is 8.66. The predicted molar refractivity (Wildman–Crippen MR) is 81.4 cm³/mol. The number of rotatable bonds is 3. The van der Waals surface area contributed by atoms with Crippen molar-refractivity contribution in [1.82, 2.24) is 0 Å². The molecule has 108 valence electrons. The Bertz CT molecular complexity index is 542. The topological polar surface area (TPSA) is 43.2 Å².